The molecule has 0 aromatic carbocycles. The highest BCUT2D eigenvalue weighted by atomic mass is 16.5. The van der Waals surface area contributed by atoms with E-state index in [4.69, 9.17) is 4.74 Å². The van der Waals surface area contributed by atoms with Crippen molar-refractivity contribution in [3.8, 4) is 0 Å². The van der Waals surface area contributed by atoms with Gasteiger partial charge in [-0.2, -0.15) is 0 Å². The van der Waals surface area contributed by atoms with Crippen LogP contribution in [0.4, 0.5) is 0 Å². The van der Waals surface area contributed by atoms with Crippen LogP contribution in [0.2, 0.25) is 0 Å². The molecule has 0 aliphatic carbocycles. The summed E-state index contributed by atoms with van der Waals surface area (Å²) < 4.78 is 5.33. The Morgan fingerprint density at radius 2 is 1.90 bits per heavy atom. The summed E-state index contributed by atoms with van der Waals surface area (Å²) in [7, 11) is 2.11. The predicted octanol–water partition coefficient (Wildman–Crippen LogP) is 1.73. The van der Waals surface area contributed by atoms with Gasteiger partial charge in [0, 0.05) is 45.7 Å². The van der Waals surface area contributed by atoms with Gasteiger partial charge < -0.3 is 20.1 Å². The summed E-state index contributed by atoms with van der Waals surface area (Å²) in [5.74, 6) is 0.687. The molecule has 0 spiro atoms. The van der Waals surface area contributed by atoms with Crippen LogP contribution in [0, 0.1) is 11.3 Å². The maximum Gasteiger partial charge on any atom is 0.0817 e. The lowest BCUT2D eigenvalue weighted by molar-refractivity contribution is -0.0795. The Morgan fingerprint density at radius 3 is 2.45 bits per heavy atom. The van der Waals surface area contributed by atoms with Crippen LogP contribution < -0.4 is 5.32 Å². The maximum absolute atomic E-state index is 10.6. The van der Waals surface area contributed by atoms with Crippen molar-refractivity contribution in [3.63, 3.8) is 0 Å². The van der Waals surface area contributed by atoms with E-state index < -0.39 is 5.60 Å². The van der Waals surface area contributed by atoms with Gasteiger partial charge in [-0.1, -0.05) is 27.7 Å². The summed E-state index contributed by atoms with van der Waals surface area (Å²) >= 11 is 0. The van der Waals surface area contributed by atoms with Gasteiger partial charge in [0.1, 0.15) is 0 Å². The SMILES string of the molecule is CC(C)CNCC(C)(C)CN(C)CC1(O)CCOCC1. The van der Waals surface area contributed by atoms with Gasteiger partial charge in [0.15, 0.2) is 0 Å². The molecule has 1 heterocycles. The van der Waals surface area contributed by atoms with Crippen LogP contribution in [-0.2, 0) is 4.74 Å². The van der Waals surface area contributed by atoms with E-state index in [2.05, 4.69) is 45.0 Å². The summed E-state index contributed by atoms with van der Waals surface area (Å²) in [6.45, 7) is 14.2. The minimum absolute atomic E-state index is 0.213. The molecule has 1 aliphatic heterocycles. The lowest BCUT2D eigenvalue weighted by Gasteiger charge is -2.38. The third-order valence-corrected chi connectivity index (χ3v) is 3.84. The molecule has 0 unspecified atom stereocenters. The smallest absolute Gasteiger partial charge is 0.0817 e. The van der Waals surface area contributed by atoms with Crippen molar-refractivity contribution >= 4 is 0 Å². The largest absolute Gasteiger partial charge is 0.388 e. The fourth-order valence-corrected chi connectivity index (χ4v) is 2.95. The summed E-state index contributed by atoms with van der Waals surface area (Å²) in [5.41, 5.74) is -0.348. The van der Waals surface area contributed by atoms with Gasteiger partial charge in [-0.3, -0.25) is 0 Å². The zero-order valence-corrected chi connectivity index (χ0v) is 14.0. The second-order valence-electron chi connectivity index (χ2n) is 7.70. The van der Waals surface area contributed by atoms with Gasteiger partial charge in [-0.05, 0) is 24.9 Å². The topological polar surface area (TPSA) is 44.7 Å². The van der Waals surface area contributed by atoms with Crippen molar-refractivity contribution in [2.75, 3.05) is 46.4 Å². The van der Waals surface area contributed by atoms with Crippen LogP contribution in [-0.4, -0.2) is 62.0 Å². The fraction of sp³-hybridized carbons (Fsp3) is 1.00. The van der Waals surface area contributed by atoms with E-state index in [1.54, 1.807) is 0 Å². The molecule has 4 heteroatoms. The maximum atomic E-state index is 10.6. The standard InChI is InChI=1S/C16H34N2O2/c1-14(2)10-17-11-15(3,4)12-18(5)13-16(19)6-8-20-9-7-16/h14,17,19H,6-13H2,1-5H3. The van der Waals surface area contributed by atoms with Crippen molar-refractivity contribution in [2.45, 2.75) is 46.1 Å². The third-order valence-electron chi connectivity index (χ3n) is 3.84. The van der Waals surface area contributed by atoms with Gasteiger partial charge in [-0.15, -0.1) is 0 Å². The zero-order valence-electron chi connectivity index (χ0n) is 14.0. The van der Waals surface area contributed by atoms with Crippen LogP contribution in [0.15, 0.2) is 0 Å². The number of aliphatic hydroxyl groups is 1. The number of nitrogens with zero attached hydrogens (tertiary/aromatic N) is 1. The summed E-state index contributed by atoms with van der Waals surface area (Å²) in [5, 5.41) is 14.1. The first-order chi connectivity index (χ1) is 9.22. The second kappa shape index (κ2) is 7.74. The summed E-state index contributed by atoms with van der Waals surface area (Å²) in [4.78, 5) is 2.27. The van der Waals surface area contributed by atoms with E-state index in [9.17, 15) is 5.11 Å². The Labute approximate surface area is 124 Å². The fourth-order valence-electron chi connectivity index (χ4n) is 2.95. The number of ether oxygens (including phenoxy) is 1. The third kappa shape index (κ3) is 7.02. The lowest BCUT2D eigenvalue weighted by Crippen LogP contribution is -2.49. The molecule has 0 aromatic rings. The zero-order chi connectivity index (χ0) is 15.2. The number of hydrogen-bond donors (Lipinski definition) is 2. The Bertz CT molecular complexity index is 274. The second-order valence-corrected chi connectivity index (χ2v) is 7.70. The molecule has 1 fully saturated rings. The number of likely N-dealkylation sites (N-methyl/N-ethyl adjacent to an activating group) is 1. The average Bonchev–Trinajstić information content (AvgIpc) is 2.26. The average molecular weight is 286 g/mol. The van der Waals surface area contributed by atoms with E-state index in [-0.39, 0.29) is 5.41 Å². The van der Waals surface area contributed by atoms with Gasteiger partial charge >= 0.3 is 0 Å². The molecule has 120 valence electrons. The first kappa shape index (κ1) is 17.9. The molecule has 0 atom stereocenters. The molecular formula is C16H34N2O2. The molecule has 4 nitrogen and oxygen atoms in total. The van der Waals surface area contributed by atoms with Crippen molar-refractivity contribution in [1.29, 1.82) is 0 Å². The normalized spacial score (nSPS) is 19.8. The first-order valence-corrected chi connectivity index (χ1v) is 7.92. The van der Waals surface area contributed by atoms with Gasteiger partial charge in [0.05, 0.1) is 5.60 Å². The van der Waals surface area contributed by atoms with Crippen LogP contribution in [0.1, 0.15) is 40.5 Å². The highest BCUT2D eigenvalue weighted by Crippen LogP contribution is 2.23. The molecule has 1 aliphatic rings. The van der Waals surface area contributed by atoms with Crippen molar-refractivity contribution in [3.05, 3.63) is 0 Å². The minimum atomic E-state index is -0.561. The highest BCUT2D eigenvalue weighted by molar-refractivity contribution is 4.86. The van der Waals surface area contributed by atoms with E-state index in [1.807, 2.05) is 0 Å². The highest BCUT2D eigenvalue weighted by Gasteiger charge is 2.32. The summed E-state index contributed by atoms with van der Waals surface area (Å²) in [6.07, 6.45) is 1.51. The minimum Gasteiger partial charge on any atom is -0.388 e. The first-order valence-electron chi connectivity index (χ1n) is 7.92. The number of hydrogen-bond acceptors (Lipinski definition) is 4. The Kier molecular flexibility index (Phi) is 6.92. The van der Waals surface area contributed by atoms with Gasteiger partial charge in [-0.25, -0.2) is 0 Å². The molecule has 1 saturated heterocycles. The quantitative estimate of drug-likeness (QED) is 0.713. The van der Waals surface area contributed by atoms with Crippen LogP contribution >= 0.6 is 0 Å². The van der Waals surface area contributed by atoms with Gasteiger partial charge in [0.2, 0.25) is 0 Å². The molecular weight excluding hydrogens is 252 g/mol. The molecule has 2 N–H and O–H groups in total. The monoisotopic (exact) mass is 286 g/mol. The van der Waals surface area contributed by atoms with Crippen molar-refractivity contribution in [1.82, 2.24) is 10.2 Å². The molecule has 0 amide bonds. The summed E-state index contributed by atoms with van der Waals surface area (Å²) in [6, 6.07) is 0. The Morgan fingerprint density at radius 1 is 1.30 bits per heavy atom. The van der Waals surface area contributed by atoms with E-state index in [1.165, 1.54) is 0 Å². The molecule has 0 bridgehead atoms. The van der Waals surface area contributed by atoms with Crippen molar-refractivity contribution in [2.24, 2.45) is 11.3 Å². The van der Waals surface area contributed by atoms with Crippen LogP contribution in [0.5, 0.6) is 0 Å². The van der Waals surface area contributed by atoms with Crippen molar-refractivity contribution < 1.29 is 9.84 Å². The molecule has 0 radical (unpaired) electrons. The Hall–Kier alpha value is -0.160. The predicted molar refractivity (Wildman–Crippen MR) is 84.0 cm³/mol. The number of nitrogens with one attached hydrogen (secondary N) is 1. The Balaban J connectivity index is 2.33. The van der Waals surface area contributed by atoms with Crippen LogP contribution in [0.25, 0.3) is 0 Å². The molecule has 0 saturated carbocycles. The molecule has 20 heavy (non-hydrogen) atoms. The molecule has 0 aromatic heterocycles. The van der Waals surface area contributed by atoms with E-state index >= 15 is 0 Å². The van der Waals surface area contributed by atoms with Crippen LogP contribution in [0.3, 0.4) is 0 Å². The van der Waals surface area contributed by atoms with E-state index in [0.717, 1.165) is 39.0 Å². The van der Waals surface area contributed by atoms with Gasteiger partial charge in [0.25, 0.3) is 0 Å². The van der Waals surface area contributed by atoms with E-state index in [0.29, 0.717) is 19.1 Å². The number of rotatable bonds is 8. The molecule has 1 rings (SSSR count). The lowest BCUT2D eigenvalue weighted by atomic mass is 9.90.